The van der Waals surface area contributed by atoms with E-state index < -0.39 is 47.4 Å². The zero-order valence-corrected chi connectivity index (χ0v) is 18.7. The van der Waals surface area contributed by atoms with Gasteiger partial charge in [-0.2, -0.15) is 0 Å². The van der Waals surface area contributed by atoms with E-state index in [1.165, 1.54) is 6.08 Å². The van der Waals surface area contributed by atoms with E-state index in [-0.39, 0.29) is 12.1 Å². The molecule has 3 N–H and O–H groups in total. The molecule has 1 aromatic carbocycles. The van der Waals surface area contributed by atoms with Gasteiger partial charge in [0, 0.05) is 16.6 Å². The normalized spacial score (nSPS) is 22.6. The highest BCUT2D eigenvalue weighted by atomic mass is 79.9. The van der Waals surface area contributed by atoms with Gasteiger partial charge in [0.05, 0.1) is 5.69 Å². The molecule has 11 heteroatoms. The molecular weight excluding hydrogens is 474 g/mol. The number of hydrogen-bond donors (Lipinski definition) is 3. The Morgan fingerprint density at radius 3 is 2.74 bits per heavy atom. The first-order chi connectivity index (χ1) is 14.5. The van der Waals surface area contributed by atoms with E-state index in [1.807, 2.05) is 0 Å². The van der Waals surface area contributed by atoms with Crippen molar-refractivity contribution >= 4 is 45.7 Å². The Hall–Kier alpha value is -3.08. The van der Waals surface area contributed by atoms with Crippen LogP contribution in [0.15, 0.2) is 35.3 Å². The highest BCUT2D eigenvalue weighted by molar-refractivity contribution is 9.10. The number of fused-ring (bicyclic) bond motifs is 2. The summed E-state index contributed by atoms with van der Waals surface area (Å²) in [5.41, 5.74) is -2.18. The third-order valence-electron chi connectivity index (χ3n) is 4.54. The molecule has 0 bridgehead atoms. The Balaban J connectivity index is 2.05. The zero-order valence-electron chi connectivity index (χ0n) is 17.1. The van der Waals surface area contributed by atoms with Gasteiger partial charge in [0.2, 0.25) is 5.91 Å². The lowest BCUT2D eigenvalue weighted by molar-refractivity contribution is -0.137. The summed E-state index contributed by atoms with van der Waals surface area (Å²) in [7, 11) is 0. The summed E-state index contributed by atoms with van der Waals surface area (Å²) in [5, 5.41) is 7.58. The molecule has 3 amide bonds. The van der Waals surface area contributed by atoms with Crippen molar-refractivity contribution in [3.05, 3.63) is 40.9 Å². The SMILES string of the molecule is C=CCNC(=O)[C@@H](NC(=O)OC(C)(C)C)[C@H]1OC(=O)O[C@]12C(=O)Nc1c(Br)cccc12. The number of amides is 3. The summed E-state index contributed by atoms with van der Waals surface area (Å²) >= 11 is 3.34. The molecular formula is C20H22BrN3O7. The molecule has 0 unspecified atom stereocenters. The van der Waals surface area contributed by atoms with Crippen molar-refractivity contribution in [2.45, 2.75) is 44.1 Å². The first-order valence-electron chi connectivity index (χ1n) is 9.38. The number of carbonyl (C=O) groups is 4. The molecule has 1 spiro atoms. The molecule has 2 aliphatic heterocycles. The monoisotopic (exact) mass is 495 g/mol. The fourth-order valence-electron chi connectivity index (χ4n) is 3.37. The number of alkyl carbamates (subject to hydrolysis) is 1. The van der Waals surface area contributed by atoms with E-state index in [4.69, 9.17) is 14.2 Å². The molecule has 0 saturated carbocycles. The Kier molecular flexibility index (Phi) is 5.99. The first-order valence-corrected chi connectivity index (χ1v) is 10.2. The van der Waals surface area contributed by atoms with E-state index >= 15 is 0 Å². The van der Waals surface area contributed by atoms with E-state index in [0.29, 0.717) is 10.2 Å². The first kappa shape index (κ1) is 22.6. The molecule has 0 aliphatic carbocycles. The lowest BCUT2D eigenvalue weighted by Crippen LogP contribution is -2.61. The summed E-state index contributed by atoms with van der Waals surface area (Å²) in [4.78, 5) is 50.6. The third-order valence-corrected chi connectivity index (χ3v) is 5.20. The number of rotatable bonds is 5. The number of nitrogens with one attached hydrogen (secondary N) is 3. The van der Waals surface area contributed by atoms with Crippen molar-refractivity contribution in [2.75, 3.05) is 11.9 Å². The molecule has 1 fully saturated rings. The maximum absolute atomic E-state index is 13.0. The van der Waals surface area contributed by atoms with Crippen molar-refractivity contribution in [1.82, 2.24) is 10.6 Å². The fraction of sp³-hybridized carbons (Fsp3) is 0.400. The number of ether oxygens (including phenoxy) is 3. The minimum atomic E-state index is -1.98. The molecule has 1 saturated heterocycles. The highest BCUT2D eigenvalue weighted by Gasteiger charge is 2.66. The predicted octanol–water partition coefficient (Wildman–Crippen LogP) is 2.33. The second-order valence-corrected chi connectivity index (χ2v) is 8.75. The van der Waals surface area contributed by atoms with Gasteiger partial charge in [0.25, 0.3) is 11.5 Å². The number of anilines is 1. The maximum atomic E-state index is 13.0. The summed E-state index contributed by atoms with van der Waals surface area (Å²) in [6, 6.07) is 3.40. The van der Waals surface area contributed by atoms with Gasteiger partial charge in [0.1, 0.15) is 5.60 Å². The molecule has 3 atom stereocenters. The molecule has 2 heterocycles. The number of cyclic esters (lactones) is 1. The van der Waals surface area contributed by atoms with Crippen LogP contribution < -0.4 is 16.0 Å². The second kappa shape index (κ2) is 8.22. The van der Waals surface area contributed by atoms with Gasteiger partial charge in [-0.3, -0.25) is 9.59 Å². The molecule has 0 radical (unpaired) electrons. The van der Waals surface area contributed by atoms with E-state index in [0.717, 1.165) is 0 Å². The predicted molar refractivity (Wildman–Crippen MR) is 112 cm³/mol. The third kappa shape index (κ3) is 4.22. The van der Waals surface area contributed by atoms with Crippen molar-refractivity contribution in [3.8, 4) is 0 Å². The van der Waals surface area contributed by atoms with Crippen LogP contribution in [0.2, 0.25) is 0 Å². The van der Waals surface area contributed by atoms with E-state index in [9.17, 15) is 19.2 Å². The summed E-state index contributed by atoms with van der Waals surface area (Å²) < 4.78 is 16.4. The average Bonchev–Trinajstić information content (AvgIpc) is 3.15. The molecule has 2 aliphatic rings. The quantitative estimate of drug-likeness (QED) is 0.421. The van der Waals surface area contributed by atoms with Gasteiger partial charge in [-0.15, -0.1) is 6.58 Å². The number of halogens is 1. The number of benzene rings is 1. The van der Waals surface area contributed by atoms with Gasteiger partial charge in [-0.05, 0) is 42.8 Å². The molecule has 166 valence electrons. The summed E-state index contributed by atoms with van der Waals surface area (Å²) in [6.45, 7) is 8.56. The highest BCUT2D eigenvalue weighted by Crippen LogP contribution is 2.49. The van der Waals surface area contributed by atoms with Crippen LogP contribution in [0.5, 0.6) is 0 Å². The van der Waals surface area contributed by atoms with Crippen LogP contribution in [0, 0.1) is 0 Å². The molecule has 3 rings (SSSR count). The van der Waals surface area contributed by atoms with Gasteiger partial charge in [0.15, 0.2) is 12.1 Å². The minimum absolute atomic E-state index is 0.0776. The molecule has 10 nitrogen and oxygen atoms in total. The largest absolute Gasteiger partial charge is 0.510 e. The van der Waals surface area contributed by atoms with Gasteiger partial charge < -0.3 is 30.2 Å². The lowest BCUT2D eigenvalue weighted by atomic mass is 9.85. The topological polar surface area (TPSA) is 132 Å². The number of carbonyl (C=O) groups excluding carboxylic acids is 4. The fourth-order valence-corrected chi connectivity index (χ4v) is 3.84. The van der Waals surface area contributed by atoms with Crippen LogP contribution in [-0.2, 0) is 29.4 Å². The molecule has 31 heavy (non-hydrogen) atoms. The minimum Gasteiger partial charge on any atom is -0.444 e. The standard InChI is InChI=1S/C20H22BrN3O7/c1-5-9-22-15(25)13(24-17(27)30-19(2,3)4)14-20(31-18(28)29-14)10-7-6-8-11(21)12(10)23-16(20)26/h5-8,13-14H,1,9H2,2-4H3,(H,22,25)(H,23,26)(H,24,27)/t13-,14+,20-/m0/s1. The Labute approximate surface area is 186 Å². The van der Waals surface area contributed by atoms with Gasteiger partial charge in [-0.25, -0.2) is 9.59 Å². The van der Waals surface area contributed by atoms with Gasteiger partial charge >= 0.3 is 12.2 Å². The van der Waals surface area contributed by atoms with Crippen molar-refractivity contribution in [1.29, 1.82) is 0 Å². The number of hydrogen-bond acceptors (Lipinski definition) is 7. The zero-order chi connectivity index (χ0) is 23.0. The van der Waals surface area contributed by atoms with Crippen LogP contribution in [0.1, 0.15) is 26.3 Å². The van der Waals surface area contributed by atoms with Gasteiger partial charge in [-0.1, -0.05) is 18.2 Å². The Morgan fingerprint density at radius 1 is 1.39 bits per heavy atom. The Morgan fingerprint density at radius 2 is 2.10 bits per heavy atom. The smallest absolute Gasteiger partial charge is 0.444 e. The average molecular weight is 496 g/mol. The number of para-hydroxylation sites is 1. The maximum Gasteiger partial charge on any atom is 0.510 e. The van der Waals surface area contributed by atoms with Crippen molar-refractivity contribution in [2.24, 2.45) is 0 Å². The second-order valence-electron chi connectivity index (χ2n) is 7.90. The van der Waals surface area contributed by atoms with Crippen LogP contribution in [0.25, 0.3) is 0 Å². The Bertz CT molecular complexity index is 959. The summed E-state index contributed by atoms with van der Waals surface area (Å²) in [5.74, 6) is -1.43. The van der Waals surface area contributed by atoms with E-state index in [1.54, 1.807) is 39.0 Å². The van der Waals surface area contributed by atoms with Crippen LogP contribution in [-0.4, -0.2) is 48.4 Å². The lowest BCUT2D eigenvalue weighted by Gasteiger charge is -2.31. The molecule has 1 aromatic rings. The summed E-state index contributed by atoms with van der Waals surface area (Å²) in [6.07, 6.45) is -2.16. The van der Waals surface area contributed by atoms with E-state index in [2.05, 4.69) is 38.5 Å². The molecule has 0 aromatic heterocycles. The van der Waals surface area contributed by atoms with Crippen LogP contribution in [0.3, 0.4) is 0 Å². The van der Waals surface area contributed by atoms with Crippen molar-refractivity contribution in [3.63, 3.8) is 0 Å². The van der Waals surface area contributed by atoms with Crippen LogP contribution in [0.4, 0.5) is 15.3 Å². The van der Waals surface area contributed by atoms with Crippen molar-refractivity contribution < 1.29 is 33.4 Å². The van der Waals surface area contributed by atoms with Crippen LogP contribution >= 0.6 is 15.9 Å².